The molecule has 5 atom stereocenters. The quantitative estimate of drug-likeness (QED) is 0.632. The molecule has 0 unspecified atom stereocenters. The molecule has 5 nitrogen and oxygen atoms in total. The highest BCUT2D eigenvalue weighted by Gasteiger charge is 2.44. The normalized spacial score (nSPS) is 29.1. The van der Waals surface area contributed by atoms with E-state index in [0.717, 1.165) is 31.2 Å². The van der Waals surface area contributed by atoms with Crippen LogP contribution in [0.5, 0.6) is 0 Å². The molecule has 2 aromatic carbocycles. The Bertz CT molecular complexity index is 891. The van der Waals surface area contributed by atoms with Crippen LogP contribution >= 0.6 is 0 Å². The van der Waals surface area contributed by atoms with E-state index in [9.17, 15) is 20.4 Å². The van der Waals surface area contributed by atoms with Crippen LogP contribution in [0.15, 0.2) is 30.3 Å². The Kier molecular flexibility index (Phi) is 5.78. The predicted molar refractivity (Wildman–Crippen MR) is 110 cm³/mol. The van der Waals surface area contributed by atoms with Crippen LogP contribution in [0.3, 0.4) is 0 Å². The van der Waals surface area contributed by atoms with E-state index in [4.69, 9.17) is 4.74 Å². The number of aliphatic hydroxyl groups is 4. The van der Waals surface area contributed by atoms with Crippen LogP contribution in [-0.4, -0.2) is 51.4 Å². The number of fused-ring (bicyclic) bond motifs is 1. The lowest BCUT2D eigenvalue weighted by Gasteiger charge is -2.40. The van der Waals surface area contributed by atoms with E-state index < -0.39 is 37.1 Å². The van der Waals surface area contributed by atoms with Crippen LogP contribution in [0.25, 0.3) is 0 Å². The molecule has 0 amide bonds. The molecule has 0 spiro atoms. The third-order valence-electron chi connectivity index (χ3n) is 6.52. The maximum atomic E-state index is 10.6. The fourth-order valence-electron chi connectivity index (χ4n) is 4.66. The van der Waals surface area contributed by atoms with Crippen LogP contribution in [0.1, 0.15) is 51.5 Å². The summed E-state index contributed by atoms with van der Waals surface area (Å²) in [6.45, 7) is 3.81. The molecule has 1 heterocycles. The van der Waals surface area contributed by atoms with Gasteiger partial charge in [-0.15, -0.1) is 0 Å². The topological polar surface area (TPSA) is 90.2 Å². The Morgan fingerprint density at radius 1 is 0.931 bits per heavy atom. The summed E-state index contributed by atoms with van der Waals surface area (Å²) in [7, 11) is 0. The summed E-state index contributed by atoms with van der Waals surface area (Å²) < 4.78 is 5.81. The van der Waals surface area contributed by atoms with Crippen LogP contribution in [-0.2, 0) is 24.0 Å². The van der Waals surface area contributed by atoms with Crippen molar-refractivity contribution in [2.45, 2.75) is 70.1 Å². The maximum absolute atomic E-state index is 10.6. The Balaban J connectivity index is 1.70. The van der Waals surface area contributed by atoms with Gasteiger partial charge in [0.05, 0.1) is 6.61 Å². The highest BCUT2D eigenvalue weighted by molar-refractivity contribution is 5.46. The van der Waals surface area contributed by atoms with E-state index in [1.807, 2.05) is 0 Å². The second-order valence-electron chi connectivity index (χ2n) is 8.52. The largest absolute Gasteiger partial charge is 0.394 e. The highest BCUT2D eigenvalue weighted by Crippen LogP contribution is 2.37. The second-order valence-corrected chi connectivity index (χ2v) is 8.52. The fourth-order valence-corrected chi connectivity index (χ4v) is 4.66. The second kappa shape index (κ2) is 8.17. The molecule has 4 rings (SSSR count). The van der Waals surface area contributed by atoms with E-state index >= 15 is 0 Å². The van der Waals surface area contributed by atoms with Crippen molar-refractivity contribution in [2.24, 2.45) is 0 Å². The third kappa shape index (κ3) is 3.86. The number of aryl methyl sites for hydroxylation is 3. The lowest BCUT2D eigenvalue weighted by atomic mass is 9.87. The molecule has 29 heavy (non-hydrogen) atoms. The molecule has 1 aliphatic heterocycles. The number of hydrogen-bond acceptors (Lipinski definition) is 5. The zero-order valence-electron chi connectivity index (χ0n) is 17.0. The number of ether oxygens (including phenoxy) is 1. The predicted octanol–water partition coefficient (Wildman–Crippen LogP) is 1.90. The van der Waals surface area contributed by atoms with Crippen LogP contribution in [0.2, 0.25) is 0 Å². The van der Waals surface area contributed by atoms with Crippen molar-refractivity contribution in [1.82, 2.24) is 0 Å². The van der Waals surface area contributed by atoms with E-state index in [0.29, 0.717) is 0 Å². The first kappa shape index (κ1) is 20.5. The molecule has 4 N–H and O–H groups in total. The summed E-state index contributed by atoms with van der Waals surface area (Å²) in [5.74, 6) is 0. The van der Waals surface area contributed by atoms with Crippen LogP contribution in [0.4, 0.5) is 0 Å². The molecule has 2 aromatic rings. The molecular weight excluding hydrogens is 368 g/mol. The summed E-state index contributed by atoms with van der Waals surface area (Å²) in [5, 5.41) is 40.3. The van der Waals surface area contributed by atoms with E-state index in [1.165, 1.54) is 33.4 Å². The Morgan fingerprint density at radius 2 is 1.72 bits per heavy atom. The van der Waals surface area contributed by atoms with E-state index in [2.05, 4.69) is 44.2 Å². The van der Waals surface area contributed by atoms with Gasteiger partial charge < -0.3 is 25.2 Å². The Labute approximate surface area is 171 Å². The summed E-state index contributed by atoms with van der Waals surface area (Å²) >= 11 is 0. The minimum absolute atomic E-state index is 0.415. The van der Waals surface area contributed by atoms with Gasteiger partial charge in [-0.05, 0) is 78.5 Å². The minimum Gasteiger partial charge on any atom is -0.394 e. The Hall–Kier alpha value is -1.76. The number of aliphatic hydroxyl groups excluding tert-OH is 4. The zero-order valence-corrected chi connectivity index (χ0v) is 17.0. The molecule has 1 saturated heterocycles. The molecule has 0 saturated carbocycles. The summed E-state index contributed by atoms with van der Waals surface area (Å²) in [5.41, 5.74) is 8.43. The van der Waals surface area contributed by atoms with Crippen molar-refractivity contribution >= 4 is 0 Å². The van der Waals surface area contributed by atoms with E-state index in [1.54, 1.807) is 0 Å². The lowest BCUT2D eigenvalue weighted by molar-refractivity contribution is -0.231. The van der Waals surface area contributed by atoms with Gasteiger partial charge in [0.1, 0.15) is 30.5 Å². The summed E-state index contributed by atoms with van der Waals surface area (Å²) in [6, 6.07) is 10.6. The van der Waals surface area contributed by atoms with Crippen molar-refractivity contribution < 1.29 is 25.2 Å². The monoisotopic (exact) mass is 398 g/mol. The van der Waals surface area contributed by atoms with Gasteiger partial charge in [0.15, 0.2) is 0 Å². The molecule has 1 fully saturated rings. The van der Waals surface area contributed by atoms with Gasteiger partial charge in [-0.1, -0.05) is 30.3 Å². The van der Waals surface area contributed by atoms with Gasteiger partial charge >= 0.3 is 0 Å². The highest BCUT2D eigenvalue weighted by atomic mass is 16.5. The van der Waals surface area contributed by atoms with Crippen molar-refractivity contribution in [2.75, 3.05) is 6.61 Å². The van der Waals surface area contributed by atoms with Gasteiger partial charge in [0.2, 0.25) is 0 Å². The zero-order chi connectivity index (χ0) is 20.7. The van der Waals surface area contributed by atoms with Gasteiger partial charge in [-0.3, -0.25) is 0 Å². The first-order chi connectivity index (χ1) is 13.9. The number of rotatable bonds is 4. The van der Waals surface area contributed by atoms with Crippen molar-refractivity contribution in [3.8, 4) is 0 Å². The van der Waals surface area contributed by atoms with Crippen molar-refractivity contribution in [3.63, 3.8) is 0 Å². The maximum Gasteiger partial charge on any atom is 0.113 e. The average Bonchev–Trinajstić information content (AvgIpc) is 3.18. The van der Waals surface area contributed by atoms with Gasteiger partial charge in [0, 0.05) is 0 Å². The molecule has 0 aromatic heterocycles. The molecule has 156 valence electrons. The van der Waals surface area contributed by atoms with Crippen molar-refractivity contribution in [3.05, 3.63) is 69.3 Å². The number of hydrogen-bond donors (Lipinski definition) is 4. The SMILES string of the molecule is Cc1ccc(Cc2cc([C@@H]3O[C@H](CO)[C@@H](O)[C@H](O)[C@H]3O)cc3c2CCC3)cc1C. The summed E-state index contributed by atoms with van der Waals surface area (Å²) in [4.78, 5) is 0. The van der Waals surface area contributed by atoms with E-state index in [-0.39, 0.29) is 0 Å². The van der Waals surface area contributed by atoms with Crippen molar-refractivity contribution in [1.29, 1.82) is 0 Å². The smallest absolute Gasteiger partial charge is 0.113 e. The standard InChI is InChI=1S/C24H30O5/c1-13-6-7-15(8-14(13)2)9-17-11-18(10-16-4-3-5-19(16)17)24-23(28)22(27)21(26)20(12-25)29-24/h6-8,10-11,20-28H,3-5,9,12H2,1-2H3/t20-,21-,22+,23-,24+/m1/s1. The molecule has 0 bridgehead atoms. The number of benzene rings is 2. The molecule has 2 aliphatic rings. The van der Waals surface area contributed by atoms with Crippen LogP contribution in [0, 0.1) is 13.8 Å². The molecule has 5 heteroatoms. The first-order valence-electron chi connectivity index (χ1n) is 10.4. The van der Waals surface area contributed by atoms with Gasteiger partial charge in [0.25, 0.3) is 0 Å². The van der Waals surface area contributed by atoms with Gasteiger partial charge in [-0.2, -0.15) is 0 Å². The third-order valence-corrected chi connectivity index (χ3v) is 6.52. The fraction of sp³-hybridized carbons (Fsp3) is 0.500. The summed E-state index contributed by atoms with van der Waals surface area (Å²) in [6.07, 6.45) is -1.68. The molecule has 1 aliphatic carbocycles. The first-order valence-corrected chi connectivity index (χ1v) is 10.4. The lowest BCUT2D eigenvalue weighted by Crippen LogP contribution is -2.55. The Morgan fingerprint density at radius 3 is 2.45 bits per heavy atom. The molecule has 0 radical (unpaired) electrons. The molecular formula is C24H30O5. The average molecular weight is 398 g/mol. The van der Waals surface area contributed by atoms with Gasteiger partial charge in [-0.25, -0.2) is 0 Å². The van der Waals surface area contributed by atoms with Crippen LogP contribution < -0.4 is 0 Å². The minimum atomic E-state index is -1.36.